The molecule has 0 saturated heterocycles. The summed E-state index contributed by atoms with van der Waals surface area (Å²) in [6, 6.07) is 9.15. The van der Waals surface area contributed by atoms with Crippen LogP contribution in [0.4, 0.5) is 0 Å². The van der Waals surface area contributed by atoms with E-state index in [-0.39, 0.29) is 0 Å². The normalized spacial score (nSPS) is 14.6. The highest BCUT2D eigenvalue weighted by Crippen LogP contribution is 2.23. The van der Waals surface area contributed by atoms with Crippen molar-refractivity contribution in [3.8, 4) is 0 Å². The van der Waals surface area contributed by atoms with Crippen LogP contribution in [-0.2, 0) is 0 Å². The molecule has 0 aliphatic rings. The van der Waals surface area contributed by atoms with E-state index in [9.17, 15) is 0 Å². The van der Waals surface area contributed by atoms with Gasteiger partial charge in [-0.2, -0.15) is 0 Å². The summed E-state index contributed by atoms with van der Waals surface area (Å²) >= 11 is 5.39. The van der Waals surface area contributed by atoms with E-state index >= 15 is 0 Å². The number of rotatable bonds is 7. The quantitative estimate of drug-likeness (QED) is 0.740. The van der Waals surface area contributed by atoms with Crippen molar-refractivity contribution in [3.05, 3.63) is 28.7 Å². The van der Waals surface area contributed by atoms with E-state index < -0.39 is 0 Å². The first kappa shape index (κ1) is 15.1. The molecule has 0 aliphatic carbocycles. The van der Waals surface area contributed by atoms with Gasteiger partial charge in [0.25, 0.3) is 0 Å². The Morgan fingerprint density at radius 3 is 2.47 bits per heavy atom. The largest absolute Gasteiger partial charge is 0.316 e. The Morgan fingerprint density at radius 1 is 1.29 bits per heavy atom. The van der Waals surface area contributed by atoms with Gasteiger partial charge in [-0.3, -0.25) is 0 Å². The third-order valence-corrected chi connectivity index (χ3v) is 4.70. The molecule has 0 aliphatic heterocycles. The first-order valence-electron chi connectivity index (χ1n) is 6.23. The zero-order valence-corrected chi connectivity index (χ0v) is 13.3. The minimum absolute atomic E-state index is 0.601. The summed E-state index contributed by atoms with van der Waals surface area (Å²) in [6.45, 7) is 4.60. The van der Waals surface area contributed by atoms with Crippen molar-refractivity contribution in [3.63, 3.8) is 0 Å². The third-order valence-electron chi connectivity index (χ3n) is 3.04. The highest BCUT2D eigenvalue weighted by molar-refractivity contribution is 9.10. The predicted octanol–water partition coefficient (Wildman–Crippen LogP) is 4.57. The molecule has 1 rings (SSSR count). The third kappa shape index (κ3) is 5.45. The lowest BCUT2D eigenvalue weighted by atomic mass is 9.98. The van der Waals surface area contributed by atoms with Gasteiger partial charge in [-0.15, -0.1) is 11.8 Å². The first-order chi connectivity index (χ1) is 8.17. The number of hydrogen-bond acceptors (Lipinski definition) is 2. The molecule has 3 heteroatoms. The Hall–Kier alpha value is 0.01000. The topological polar surface area (TPSA) is 12.0 Å². The van der Waals surface area contributed by atoms with Crippen molar-refractivity contribution < 1.29 is 0 Å². The predicted molar refractivity (Wildman–Crippen MR) is 81.8 cm³/mol. The number of nitrogens with one attached hydrogen (secondary N) is 1. The average molecular weight is 316 g/mol. The van der Waals surface area contributed by atoms with Crippen molar-refractivity contribution in [1.82, 2.24) is 5.32 Å². The molecule has 0 fully saturated rings. The lowest BCUT2D eigenvalue weighted by molar-refractivity contribution is 0.403. The molecule has 1 N–H and O–H groups in total. The van der Waals surface area contributed by atoms with E-state index in [1.165, 1.54) is 17.7 Å². The SMILES string of the molecule is CCCC(C)C(CSc1ccc(Br)cc1)NC. The van der Waals surface area contributed by atoms with E-state index in [2.05, 4.69) is 66.4 Å². The van der Waals surface area contributed by atoms with Gasteiger partial charge in [-0.1, -0.05) is 36.2 Å². The number of halogens is 1. The molecule has 2 unspecified atom stereocenters. The number of benzene rings is 1. The van der Waals surface area contributed by atoms with E-state index in [4.69, 9.17) is 0 Å². The molecule has 1 nitrogen and oxygen atoms in total. The maximum absolute atomic E-state index is 3.46. The maximum Gasteiger partial charge on any atom is 0.0184 e. The Labute approximate surface area is 118 Å². The van der Waals surface area contributed by atoms with Crippen LogP contribution in [0.3, 0.4) is 0 Å². The van der Waals surface area contributed by atoms with Crippen LogP contribution >= 0.6 is 27.7 Å². The summed E-state index contributed by atoms with van der Waals surface area (Å²) in [5.74, 6) is 1.88. The lowest BCUT2D eigenvalue weighted by Crippen LogP contribution is -2.34. The molecule has 0 amide bonds. The van der Waals surface area contributed by atoms with E-state index in [1.807, 2.05) is 11.8 Å². The van der Waals surface area contributed by atoms with Crippen molar-refractivity contribution in [2.75, 3.05) is 12.8 Å². The number of thioether (sulfide) groups is 1. The average Bonchev–Trinajstić information content (AvgIpc) is 2.32. The second-order valence-electron chi connectivity index (χ2n) is 4.43. The van der Waals surface area contributed by atoms with Gasteiger partial charge in [-0.05, 0) is 43.7 Å². The molecular weight excluding hydrogens is 294 g/mol. The van der Waals surface area contributed by atoms with E-state index in [1.54, 1.807) is 0 Å². The number of hydrogen-bond donors (Lipinski definition) is 1. The minimum Gasteiger partial charge on any atom is -0.316 e. The summed E-state index contributed by atoms with van der Waals surface area (Å²) in [6.07, 6.45) is 2.56. The van der Waals surface area contributed by atoms with Gasteiger partial charge >= 0.3 is 0 Å². The monoisotopic (exact) mass is 315 g/mol. The standard InChI is InChI=1S/C14H22BrNS/c1-4-5-11(2)14(16-3)10-17-13-8-6-12(15)7-9-13/h6-9,11,14,16H,4-5,10H2,1-3H3. The fraction of sp³-hybridized carbons (Fsp3) is 0.571. The Morgan fingerprint density at radius 2 is 1.94 bits per heavy atom. The zero-order valence-electron chi connectivity index (χ0n) is 10.9. The molecule has 0 bridgehead atoms. The van der Waals surface area contributed by atoms with Crippen molar-refractivity contribution in [1.29, 1.82) is 0 Å². The fourth-order valence-electron chi connectivity index (χ4n) is 1.91. The summed E-state index contributed by atoms with van der Waals surface area (Å²) in [4.78, 5) is 1.34. The van der Waals surface area contributed by atoms with Crippen LogP contribution in [0, 0.1) is 5.92 Å². The van der Waals surface area contributed by atoms with Gasteiger partial charge in [0, 0.05) is 21.2 Å². The summed E-state index contributed by atoms with van der Waals surface area (Å²) in [5, 5.41) is 3.44. The van der Waals surface area contributed by atoms with E-state index in [0.717, 1.165) is 16.1 Å². The van der Waals surface area contributed by atoms with Crippen LogP contribution in [-0.4, -0.2) is 18.8 Å². The van der Waals surface area contributed by atoms with Crippen LogP contribution in [0.5, 0.6) is 0 Å². The molecule has 0 saturated carbocycles. The van der Waals surface area contributed by atoms with Crippen LogP contribution in [0.25, 0.3) is 0 Å². The lowest BCUT2D eigenvalue weighted by Gasteiger charge is -2.22. The van der Waals surface area contributed by atoms with Crippen LogP contribution in [0.2, 0.25) is 0 Å². The van der Waals surface area contributed by atoms with E-state index in [0.29, 0.717) is 6.04 Å². The minimum atomic E-state index is 0.601. The summed E-state index contributed by atoms with van der Waals surface area (Å²) < 4.78 is 1.14. The Balaban J connectivity index is 2.44. The zero-order chi connectivity index (χ0) is 12.7. The van der Waals surface area contributed by atoms with Crippen molar-refractivity contribution in [2.45, 2.75) is 37.6 Å². The maximum atomic E-state index is 3.46. The first-order valence-corrected chi connectivity index (χ1v) is 8.00. The fourth-order valence-corrected chi connectivity index (χ4v) is 3.37. The molecule has 0 aromatic heterocycles. The van der Waals surface area contributed by atoms with Crippen LogP contribution in [0.15, 0.2) is 33.6 Å². The summed E-state index contributed by atoms with van der Waals surface area (Å²) in [5.41, 5.74) is 0. The highest BCUT2D eigenvalue weighted by Gasteiger charge is 2.14. The second-order valence-corrected chi connectivity index (χ2v) is 6.44. The van der Waals surface area contributed by atoms with Gasteiger partial charge in [0.05, 0.1) is 0 Å². The molecule has 2 atom stereocenters. The Kier molecular flexibility index (Phi) is 7.24. The van der Waals surface area contributed by atoms with Gasteiger partial charge in [0.1, 0.15) is 0 Å². The molecule has 0 heterocycles. The van der Waals surface area contributed by atoms with Crippen molar-refractivity contribution in [2.24, 2.45) is 5.92 Å². The molecule has 1 aromatic rings. The molecular formula is C14H22BrNS. The molecule has 0 radical (unpaired) electrons. The van der Waals surface area contributed by atoms with Gasteiger partial charge in [0.2, 0.25) is 0 Å². The highest BCUT2D eigenvalue weighted by atomic mass is 79.9. The second kappa shape index (κ2) is 8.17. The smallest absolute Gasteiger partial charge is 0.0184 e. The van der Waals surface area contributed by atoms with Crippen LogP contribution < -0.4 is 5.32 Å². The molecule has 96 valence electrons. The molecule has 17 heavy (non-hydrogen) atoms. The van der Waals surface area contributed by atoms with Gasteiger partial charge in [0.15, 0.2) is 0 Å². The molecule has 0 spiro atoms. The Bertz CT molecular complexity index is 313. The van der Waals surface area contributed by atoms with Crippen LogP contribution in [0.1, 0.15) is 26.7 Å². The molecule has 1 aromatic carbocycles. The van der Waals surface area contributed by atoms with Crippen molar-refractivity contribution >= 4 is 27.7 Å². The van der Waals surface area contributed by atoms with Gasteiger partial charge in [-0.25, -0.2) is 0 Å². The van der Waals surface area contributed by atoms with Gasteiger partial charge < -0.3 is 5.32 Å². The summed E-state index contributed by atoms with van der Waals surface area (Å²) in [7, 11) is 2.07.